The number of aromatic amines is 1. The molecule has 9 heteroatoms. The number of amides is 1. The van der Waals surface area contributed by atoms with E-state index in [9.17, 15) is 4.79 Å². The number of rotatable bonds is 6. The van der Waals surface area contributed by atoms with E-state index < -0.39 is 0 Å². The van der Waals surface area contributed by atoms with Crippen molar-refractivity contribution >= 4 is 11.9 Å². The number of nitrogens with zero attached hydrogens (tertiary/aromatic N) is 4. The highest BCUT2D eigenvalue weighted by Gasteiger charge is 2.11. The standard InChI is InChI=1S/C14H14N6O3/c1-22-10-4-2-9(3-5-10)13-18-12(23-20-13)7-6-11(21)17-14-15-8-16-19-14/h2-5,8H,6-7H2,1H3,(H2,15,16,17,19,21). The third-order valence-electron chi connectivity index (χ3n) is 3.06. The number of methoxy groups -OCH3 is 1. The van der Waals surface area contributed by atoms with Gasteiger partial charge < -0.3 is 9.26 Å². The van der Waals surface area contributed by atoms with Crippen LogP contribution >= 0.6 is 0 Å². The molecule has 1 amide bonds. The Morgan fingerprint density at radius 3 is 2.87 bits per heavy atom. The van der Waals surface area contributed by atoms with E-state index >= 15 is 0 Å². The van der Waals surface area contributed by atoms with E-state index in [1.54, 1.807) is 7.11 Å². The first-order valence-corrected chi connectivity index (χ1v) is 6.87. The molecular weight excluding hydrogens is 300 g/mol. The van der Waals surface area contributed by atoms with Gasteiger partial charge in [0.25, 0.3) is 0 Å². The van der Waals surface area contributed by atoms with Gasteiger partial charge in [0.15, 0.2) is 0 Å². The lowest BCUT2D eigenvalue weighted by Gasteiger charge is -1.99. The molecule has 1 aromatic carbocycles. The van der Waals surface area contributed by atoms with Crippen molar-refractivity contribution in [2.45, 2.75) is 12.8 Å². The number of nitrogens with one attached hydrogen (secondary N) is 2. The number of anilines is 1. The number of benzene rings is 1. The molecule has 2 heterocycles. The van der Waals surface area contributed by atoms with Gasteiger partial charge >= 0.3 is 0 Å². The number of hydrogen-bond acceptors (Lipinski definition) is 7. The van der Waals surface area contributed by atoms with Gasteiger partial charge in [-0.1, -0.05) is 5.16 Å². The Kier molecular flexibility index (Phi) is 4.27. The number of hydrogen-bond donors (Lipinski definition) is 2. The van der Waals surface area contributed by atoms with Crippen LogP contribution < -0.4 is 10.1 Å². The van der Waals surface area contributed by atoms with E-state index in [0.29, 0.717) is 24.1 Å². The van der Waals surface area contributed by atoms with Crippen LogP contribution in [0.15, 0.2) is 35.1 Å². The highest BCUT2D eigenvalue weighted by atomic mass is 16.5. The summed E-state index contributed by atoms with van der Waals surface area (Å²) < 4.78 is 10.3. The van der Waals surface area contributed by atoms with Crippen molar-refractivity contribution in [3.63, 3.8) is 0 Å². The smallest absolute Gasteiger partial charge is 0.227 e. The first-order valence-electron chi connectivity index (χ1n) is 6.87. The first-order chi connectivity index (χ1) is 11.2. The summed E-state index contributed by atoms with van der Waals surface area (Å²) in [4.78, 5) is 19.8. The van der Waals surface area contributed by atoms with Crippen molar-refractivity contribution in [2.75, 3.05) is 12.4 Å². The highest BCUT2D eigenvalue weighted by Crippen LogP contribution is 2.20. The number of ether oxygens (including phenoxy) is 1. The predicted molar refractivity (Wildman–Crippen MR) is 79.6 cm³/mol. The fourth-order valence-electron chi connectivity index (χ4n) is 1.89. The molecule has 3 aromatic rings. The minimum Gasteiger partial charge on any atom is -0.497 e. The van der Waals surface area contributed by atoms with Crippen molar-refractivity contribution in [3.8, 4) is 17.1 Å². The van der Waals surface area contributed by atoms with Gasteiger partial charge in [-0.15, -0.1) is 0 Å². The van der Waals surface area contributed by atoms with E-state index in [1.165, 1.54) is 6.33 Å². The van der Waals surface area contributed by atoms with Crippen molar-refractivity contribution in [3.05, 3.63) is 36.5 Å². The zero-order chi connectivity index (χ0) is 16.1. The van der Waals surface area contributed by atoms with Crippen molar-refractivity contribution < 1.29 is 14.1 Å². The molecule has 0 radical (unpaired) electrons. The average molecular weight is 314 g/mol. The third-order valence-corrected chi connectivity index (χ3v) is 3.06. The molecule has 0 saturated carbocycles. The van der Waals surface area contributed by atoms with E-state index in [-0.39, 0.29) is 12.3 Å². The second-order valence-corrected chi connectivity index (χ2v) is 4.62. The number of aryl methyl sites for hydroxylation is 1. The van der Waals surface area contributed by atoms with Gasteiger partial charge in [0.05, 0.1) is 7.11 Å². The second kappa shape index (κ2) is 6.69. The molecule has 23 heavy (non-hydrogen) atoms. The Bertz CT molecular complexity index is 766. The van der Waals surface area contributed by atoms with Gasteiger partial charge in [0.2, 0.25) is 23.6 Å². The Labute approximate surface area is 131 Å². The quantitative estimate of drug-likeness (QED) is 0.706. The minimum absolute atomic E-state index is 0.199. The van der Waals surface area contributed by atoms with Crippen molar-refractivity contribution in [1.82, 2.24) is 25.3 Å². The van der Waals surface area contributed by atoms with Crippen molar-refractivity contribution in [1.29, 1.82) is 0 Å². The van der Waals surface area contributed by atoms with Gasteiger partial charge in [-0.05, 0) is 24.3 Å². The molecule has 0 aliphatic heterocycles. The summed E-state index contributed by atoms with van der Waals surface area (Å²) in [6.07, 6.45) is 1.85. The minimum atomic E-state index is -0.217. The molecule has 118 valence electrons. The van der Waals surface area contributed by atoms with Crippen LogP contribution in [0.2, 0.25) is 0 Å². The SMILES string of the molecule is COc1ccc(-c2noc(CCC(=O)Nc3ncn[nH]3)n2)cc1. The maximum atomic E-state index is 11.7. The summed E-state index contributed by atoms with van der Waals surface area (Å²) in [6, 6.07) is 7.31. The number of H-pyrrole nitrogens is 1. The fourth-order valence-corrected chi connectivity index (χ4v) is 1.89. The molecule has 0 atom stereocenters. The van der Waals surface area contributed by atoms with Crippen LogP contribution in [0.5, 0.6) is 5.75 Å². The Morgan fingerprint density at radius 2 is 2.17 bits per heavy atom. The Hall–Kier alpha value is -3.23. The maximum Gasteiger partial charge on any atom is 0.227 e. The van der Waals surface area contributed by atoms with Gasteiger partial charge in [-0.3, -0.25) is 10.1 Å². The lowest BCUT2D eigenvalue weighted by atomic mass is 10.2. The summed E-state index contributed by atoms with van der Waals surface area (Å²) in [6.45, 7) is 0. The molecule has 0 spiro atoms. The van der Waals surface area contributed by atoms with Crippen LogP contribution in [0.1, 0.15) is 12.3 Å². The van der Waals surface area contributed by atoms with Crippen LogP contribution in [0, 0.1) is 0 Å². The van der Waals surface area contributed by atoms with E-state index in [0.717, 1.165) is 11.3 Å². The number of carbonyl (C=O) groups excluding carboxylic acids is 1. The first kappa shape index (κ1) is 14.7. The Balaban J connectivity index is 1.57. The summed E-state index contributed by atoms with van der Waals surface area (Å²) in [7, 11) is 1.60. The lowest BCUT2D eigenvalue weighted by Crippen LogP contribution is -2.13. The maximum absolute atomic E-state index is 11.7. The van der Waals surface area contributed by atoms with Crippen molar-refractivity contribution in [2.24, 2.45) is 0 Å². The molecule has 2 N–H and O–H groups in total. The summed E-state index contributed by atoms with van der Waals surface area (Å²) in [5, 5.41) is 12.7. The van der Waals surface area contributed by atoms with E-state index in [2.05, 4.69) is 30.6 Å². The van der Waals surface area contributed by atoms with Crippen LogP contribution in [-0.4, -0.2) is 38.3 Å². The third kappa shape index (κ3) is 3.70. The molecule has 0 aliphatic rings. The van der Waals surface area contributed by atoms with Gasteiger partial charge in [0.1, 0.15) is 12.1 Å². The van der Waals surface area contributed by atoms with Gasteiger partial charge in [-0.2, -0.15) is 15.1 Å². The highest BCUT2D eigenvalue weighted by molar-refractivity contribution is 5.88. The molecule has 0 bridgehead atoms. The summed E-state index contributed by atoms with van der Waals surface area (Å²) in [5.74, 6) is 1.70. The molecule has 2 aromatic heterocycles. The largest absolute Gasteiger partial charge is 0.497 e. The van der Waals surface area contributed by atoms with E-state index in [4.69, 9.17) is 9.26 Å². The number of aromatic nitrogens is 5. The zero-order valence-electron chi connectivity index (χ0n) is 12.3. The molecule has 0 fully saturated rings. The molecule has 0 unspecified atom stereocenters. The van der Waals surface area contributed by atoms with Gasteiger partial charge in [-0.25, -0.2) is 5.10 Å². The van der Waals surface area contributed by atoms with Crippen LogP contribution in [-0.2, 0) is 11.2 Å². The monoisotopic (exact) mass is 314 g/mol. The normalized spacial score (nSPS) is 10.5. The van der Waals surface area contributed by atoms with Gasteiger partial charge in [0, 0.05) is 18.4 Å². The Morgan fingerprint density at radius 1 is 1.35 bits per heavy atom. The van der Waals surface area contributed by atoms with Crippen LogP contribution in [0.3, 0.4) is 0 Å². The lowest BCUT2D eigenvalue weighted by molar-refractivity contribution is -0.116. The summed E-state index contributed by atoms with van der Waals surface area (Å²) in [5.41, 5.74) is 0.812. The summed E-state index contributed by atoms with van der Waals surface area (Å²) >= 11 is 0. The fraction of sp³-hybridized carbons (Fsp3) is 0.214. The second-order valence-electron chi connectivity index (χ2n) is 4.62. The van der Waals surface area contributed by atoms with E-state index in [1.807, 2.05) is 24.3 Å². The average Bonchev–Trinajstić information content (AvgIpc) is 3.25. The van der Waals surface area contributed by atoms with Crippen LogP contribution in [0.25, 0.3) is 11.4 Å². The topological polar surface area (TPSA) is 119 Å². The molecule has 3 rings (SSSR count). The number of carbonyl (C=O) groups is 1. The van der Waals surface area contributed by atoms with Crippen LogP contribution in [0.4, 0.5) is 5.95 Å². The molecule has 0 aliphatic carbocycles. The molecule has 9 nitrogen and oxygen atoms in total. The molecular formula is C14H14N6O3. The molecule has 0 saturated heterocycles. The predicted octanol–water partition coefficient (Wildman–Crippen LogP) is 1.43. The zero-order valence-corrected chi connectivity index (χ0v) is 12.3.